The smallest absolute Gasteiger partial charge is 0.264 e. The minimum atomic E-state index is -3.95. The summed E-state index contributed by atoms with van der Waals surface area (Å²) < 4.78 is 34.9. The minimum Gasteiger partial charge on any atom is -0.337 e. The van der Waals surface area contributed by atoms with Crippen LogP contribution in [0.5, 0.6) is 0 Å². The summed E-state index contributed by atoms with van der Waals surface area (Å²) in [6.07, 6.45) is 8.32. The van der Waals surface area contributed by atoms with Gasteiger partial charge in [-0.05, 0) is 62.3 Å². The van der Waals surface area contributed by atoms with Gasteiger partial charge in [-0.3, -0.25) is 14.7 Å². The molecule has 3 aromatic rings. The molecule has 41 heavy (non-hydrogen) atoms. The second-order valence-corrected chi connectivity index (χ2v) is 13.0. The van der Waals surface area contributed by atoms with E-state index in [1.165, 1.54) is 0 Å². The fraction of sp³-hybridized carbons (Fsp3) is 0.469. The van der Waals surface area contributed by atoms with Crippen LogP contribution in [0.4, 0.5) is 5.88 Å². The normalized spacial score (nSPS) is 16.5. The number of aryl methyl sites for hydroxylation is 2. The molecule has 1 aliphatic carbocycles. The summed E-state index contributed by atoms with van der Waals surface area (Å²) in [5, 5.41) is 3.88. The second-order valence-electron chi connectivity index (χ2n) is 11.3. The summed E-state index contributed by atoms with van der Waals surface area (Å²) in [6, 6.07) is 13.2. The number of nitrogens with one attached hydrogen (secondary N) is 1. The van der Waals surface area contributed by atoms with Crippen molar-refractivity contribution in [2.75, 3.05) is 4.72 Å². The second kappa shape index (κ2) is 11.8. The number of unbranched alkanes of at least 4 members (excludes halogenated alkanes) is 1. The molecule has 1 fully saturated rings. The van der Waals surface area contributed by atoms with Crippen molar-refractivity contribution in [2.24, 2.45) is 4.99 Å². The first-order chi connectivity index (χ1) is 19.7. The number of sulfonamides is 1. The van der Waals surface area contributed by atoms with Gasteiger partial charge in [0.05, 0.1) is 17.1 Å². The predicted molar refractivity (Wildman–Crippen MR) is 161 cm³/mol. The standard InChI is InChI=1S/C32H40N4O4S/c1-5-7-15-29-33-32(18-10-11-19-32)31(37)36(29)21-24-16-17-26(25(20-24)12-6-2)27-13-8-9-14-28(27)41(38,39)35-30-22(3)23(4)34-40-30/h8-9,13-14,16-17,20,35H,5-7,10-12,15,18-19,21H2,1-4H3. The number of hydrogen-bond acceptors (Lipinski definition) is 6. The highest BCUT2D eigenvalue weighted by molar-refractivity contribution is 7.92. The van der Waals surface area contributed by atoms with E-state index in [4.69, 9.17) is 9.52 Å². The van der Waals surface area contributed by atoms with Gasteiger partial charge in [-0.1, -0.05) is 81.1 Å². The van der Waals surface area contributed by atoms with Crippen LogP contribution in [0.25, 0.3) is 11.1 Å². The number of aromatic nitrogens is 1. The number of nitrogens with zero attached hydrogens (tertiary/aromatic N) is 3. The molecule has 218 valence electrons. The third-order valence-corrected chi connectivity index (χ3v) is 9.75. The highest BCUT2D eigenvalue weighted by Gasteiger charge is 2.49. The number of carbonyl (C=O) groups excluding carboxylic acids is 1. The number of carbonyl (C=O) groups is 1. The largest absolute Gasteiger partial charge is 0.337 e. The number of rotatable bonds is 11. The van der Waals surface area contributed by atoms with Crippen molar-refractivity contribution in [3.63, 3.8) is 0 Å². The molecule has 2 aromatic carbocycles. The number of benzene rings is 2. The topological polar surface area (TPSA) is 105 Å². The molecule has 0 unspecified atom stereocenters. The minimum absolute atomic E-state index is 0.122. The Morgan fingerprint density at radius 2 is 1.76 bits per heavy atom. The molecule has 0 bridgehead atoms. The monoisotopic (exact) mass is 576 g/mol. The molecule has 0 radical (unpaired) electrons. The lowest BCUT2D eigenvalue weighted by atomic mass is 9.94. The van der Waals surface area contributed by atoms with Gasteiger partial charge in [-0.25, -0.2) is 13.1 Å². The molecule has 1 saturated carbocycles. The SMILES string of the molecule is CCCCC1=NC2(CCCC2)C(=O)N1Cc1ccc(-c2ccccc2S(=O)(=O)Nc2onc(C)c2C)c(CCC)c1. The van der Waals surface area contributed by atoms with E-state index in [1.807, 2.05) is 29.2 Å². The quantitative estimate of drug-likeness (QED) is 0.266. The molecule has 0 saturated heterocycles. The fourth-order valence-electron chi connectivity index (χ4n) is 5.98. The number of aliphatic imine (C=N–C) groups is 1. The zero-order valence-corrected chi connectivity index (χ0v) is 25.3. The van der Waals surface area contributed by atoms with E-state index in [0.717, 1.165) is 80.3 Å². The first-order valence-electron chi connectivity index (χ1n) is 14.8. The van der Waals surface area contributed by atoms with E-state index in [9.17, 15) is 13.2 Å². The van der Waals surface area contributed by atoms with Crippen LogP contribution in [0, 0.1) is 13.8 Å². The zero-order valence-electron chi connectivity index (χ0n) is 24.5. The molecular weight excluding hydrogens is 536 g/mol. The summed E-state index contributed by atoms with van der Waals surface area (Å²) in [6.45, 7) is 8.28. The highest BCUT2D eigenvalue weighted by atomic mass is 32.2. The summed E-state index contributed by atoms with van der Waals surface area (Å²) >= 11 is 0. The van der Waals surface area contributed by atoms with Crippen molar-refractivity contribution >= 4 is 27.7 Å². The van der Waals surface area contributed by atoms with Gasteiger partial charge in [-0.15, -0.1) is 0 Å². The lowest BCUT2D eigenvalue weighted by Gasteiger charge is -2.23. The Bertz CT molecular complexity index is 1570. The van der Waals surface area contributed by atoms with Crippen LogP contribution in [0.15, 0.2) is 56.9 Å². The lowest BCUT2D eigenvalue weighted by Crippen LogP contribution is -2.40. The van der Waals surface area contributed by atoms with Gasteiger partial charge in [0.25, 0.3) is 15.9 Å². The van der Waals surface area contributed by atoms with E-state index in [1.54, 1.807) is 26.0 Å². The number of amidine groups is 1. The van der Waals surface area contributed by atoms with E-state index < -0.39 is 15.6 Å². The van der Waals surface area contributed by atoms with Crippen LogP contribution in [0.2, 0.25) is 0 Å². The Hall–Kier alpha value is -3.46. The molecular formula is C32H40N4O4S. The summed E-state index contributed by atoms with van der Waals surface area (Å²) in [5.41, 5.74) is 4.29. The maximum Gasteiger partial charge on any atom is 0.264 e. The van der Waals surface area contributed by atoms with Crippen LogP contribution in [0.3, 0.4) is 0 Å². The van der Waals surface area contributed by atoms with Gasteiger partial charge >= 0.3 is 0 Å². The molecule has 1 amide bonds. The van der Waals surface area contributed by atoms with Crippen LogP contribution in [0.1, 0.15) is 87.6 Å². The molecule has 8 nitrogen and oxygen atoms in total. The molecule has 1 N–H and O–H groups in total. The summed E-state index contributed by atoms with van der Waals surface area (Å²) in [4.78, 5) is 20.8. The van der Waals surface area contributed by atoms with Crippen molar-refractivity contribution < 1.29 is 17.7 Å². The zero-order chi connectivity index (χ0) is 29.2. The molecule has 2 heterocycles. The van der Waals surface area contributed by atoms with Crippen molar-refractivity contribution in [2.45, 2.75) is 102 Å². The first kappa shape index (κ1) is 29.0. The van der Waals surface area contributed by atoms with Gasteiger partial charge in [0, 0.05) is 17.5 Å². The van der Waals surface area contributed by atoms with Gasteiger partial charge in [-0.2, -0.15) is 0 Å². The average Bonchev–Trinajstić information content (AvgIpc) is 3.63. The van der Waals surface area contributed by atoms with Gasteiger partial charge in [0.1, 0.15) is 11.4 Å². The molecule has 2 aliphatic rings. The third kappa shape index (κ3) is 5.69. The average molecular weight is 577 g/mol. The van der Waals surface area contributed by atoms with Gasteiger partial charge in [0.15, 0.2) is 0 Å². The van der Waals surface area contributed by atoms with Gasteiger partial charge in [0.2, 0.25) is 5.88 Å². The van der Waals surface area contributed by atoms with Crippen molar-refractivity contribution in [1.82, 2.24) is 10.1 Å². The Balaban J connectivity index is 1.47. The third-order valence-electron chi connectivity index (χ3n) is 8.36. The predicted octanol–water partition coefficient (Wildman–Crippen LogP) is 6.96. The Morgan fingerprint density at radius 3 is 2.44 bits per heavy atom. The van der Waals surface area contributed by atoms with Gasteiger partial charge < -0.3 is 4.52 Å². The van der Waals surface area contributed by atoms with Crippen molar-refractivity contribution in [3.05, 3.63) is 64.8 Å². The summed E-state index contributed by atoms with van der Waals surface area (Å²) in [7, 11) is -3.95. The fourth-order valence-corrected chi connectivity index (χ4v) is 7.25. The Labute approximate surface area is 243 Å². The van der Waals surface area contributed by atoms with E-state index >= 15 is 0 Å². The van der Waals surface area contributed by atoms with Crippen LogP contribution in [-0.2, 0) is 27.8 Å². The van der Waals surface area contributed by atoms with Crippen LogP contribution in [-0.4, -0.2) is 35.8 Å². The molecule has 0 atom stereocenters. The molecule has 5 rings (SSSR count). The van der Waals surface area contributed by atoms with E-state index in [2.05, 4.69) is 29.8 Å². The van der Waals surface area contributed by atoms with Crippen molar-refractivity contribution in [1.29, 1.82) is 0 Å². The molecule has 9 heteroatoms. The van der Waals surface area contributed by atoms with Crippen molar-refractivity contribution in [3.8, 4) is 11.1 Å². The van der Waals surface area contributed by atoms with E-state index in [-0.39, 0.29) is 16.7 Å². The lowest BCUT2D eigenvalue weighted by molar-refractivity contribution is -0.131. The Kier molecular flexibility index (Phi) is 8.36. The number of anilines is 1. The van der Waals surface area contributed by atoms with Crippen LogP contribution >= 0.6 is 0 Å². The number of hydrogen-bond donors (Lipinski definition) is 1. The Morgan fingerprint density at radius 1 is 1.00 bits per heavy atom. The maximum absolute atomic E-state index is 13.7. The molecule has 1 aliphatic heterocycles. The molecule has 1 aromatic heterocycles. The number of amides is 1. The maximum atomic E-state index is 13.7. The molecule has 1 spiro atoms. The first-order valence-corrected chi connectivity index (χ1v) is 16.2. The highest BCUT2D eigenvalue weighted by Crippen LogP contribution is 2.40. The summed E-state index contributed by atoms with van der Waals surface area (Å²) in [5.74, 6) is 1.18. The van der Waals surface area contributed by atoms with Crippen LogP contribution < -0.4 is 4.72 Å². The van der Waals surface area contributed by atoms with E-state index in [0.29, 0.717) is 23.4 Å².